The van der Waals surface area contributed by atoms with Crippen LogP contribution in [0.25, 0.3) is 0 Å². The molecule has 0 spiro atoms. The Morgan fingerprint density at radius 3 is 2.44 bits per heavy atom. The second-order valence-electron chi connectivity index (χ2n) is 3.90. The molecule has 0 bridgehead atoms. The molecule has 102 valence electrons. The summed E-state index contributed by atoms with van der Waals surface area (Å²) < 4.78 is 51.0. The highest BCUT2D eigenvalue weighted by Crippen LogP contribution is 2.26. The SMILES string of the molecule is CCN(CC(F)(F)F)c1cccc(F)c1CNC. The number of nitrogens with zero attached hydrogens (tertiary/aromatic N) is 1. The van der Waals surface area contributed by atoms with Crippen LogP contribution < -0.4 is 10.2 Å². The van der Waals surface area contributed by atoms with Crippen LogP contribution in [0.5, 0.6) is 0 Å². The predicted octanol–water partition coefficient (Wildman–Crippen LogP) is 2.93. The van der Waals surface area contributed by atoms with Gasteiger partial charge < -0.3 is 10.2 Å². The molecule has 2 nitrogen and oxygen atoms in total. The Morgan fingerprint density at radius 1 is 1.28 bits per heavy atom. The van der Waals surface area contributed by atoms with Crippen LogP contribution in [0.3, 0.4) is 0 Å². The minimum Gasteiger partial charge on any atom is -0.363 e. The van der Waals surface area contributed by atoms with Gasteiger partial charge in [-0.3, -0.25) is 0 Å². The molecule has 0 radical (unpaired) electrons. The first-order chi connectivity index (χ1) is 8.39. The Hall–Kier alpha value is -1.30. The summed E-state index contributed by atoms with van der Waals surface area (Å²) in [5, 5.41) is 2.76. The molecule has 0 aliphatic rings. The van der Waals surface area contributed by atoms with E-state index in [0.717, 1.165) is 4.90 Å². The molecule has 1 rings (SSSR count). The first kappa shape index (κ1) is 14.8. The van der Waals surface area contributed by atoms with Gasteiger partial charge in [-0.05, 0) is 26.1 Å². The highest BCUT2D eigenvalue weighted by atomic mass is 19.4. The van der Waals surface area contributed by atoms with Crippen molar-refractivity contribution in [3.8, 4) is 0 Å². The van der Waals surface area contributed by atoms with Gasteiger partial charge >= 0.3 is 6.18 Å². The normalized spacial score (nSPS) is 11.7. The van der Waals surface area contributed by atoms with E-state index >= 15 is 0 Å². The van der Waals surface area contributed by atoms with E-state index in [1.165, 1.54) is 18.2 Å². The Balaban J connectivity index is 3.08. The van der Waals surface area contributed by atoms with E-state index in [2.05, 4.69) is 5.32 Å². The van der Waals surface area contributed by atoms with E-state index in [-0.39, 0.29) is 24.3 Å². The van der Waals surface area contributed by atoms with Gasteiger partial charge in [-0.1, -0.05) is 6.07 Å². The van der Waals surface area contributed by atoms with E-state index in [1.54, 1.807) is 14.0 Å². The van der Waals surface area contributed by atoms with Crippen molar-refractivity contribution < 1.29 is 17.6 Å². The molecule has 18 heavy (non-hydrogen) atoms. The van der Waals surface area contributed by atoms with Gasteiger partial charge in [-0.2, -0.15) is 13.2 Å². The molecule has 0 aliphatic heterocycles. The highest BCUT2D eigenvalue weighted by Gasteiger charge is 2.31. The molecule has 0 heterocycles. The third kappa shape index (κ3) is 3.87. The zero-order chi connectivity index (χ0) is 13.8. The van der Waals surface area contributed by atoms with Gasteiger partial charge in [-0.15, -0.1) is 0 Å². The number of benzene rings is 1. The van der Waals surface area contributed by atoms with Crippen molar-refractivity contribution in [2.75, 3.05) is 25.0 Å². The fourth-order valence-electron chi connectivity index (χ4n) is 1.78. The molecule has 0 amide bonds. The first-order valence-electron chi connectivity index (χ1n) is 5.62. The van der Waals surface area contributed by atoms with Gasteiger partial charge in [0, 0.05) is 24.3 Å². The minimum absolute atomic E-state index is 0.166. The number of halogens is 4. The van der Waals surface area contributed by atoms with Crippen LogP contribution in [0.15, 0.2) is 18.2 Å². The molecule has 0 saturated heterocycles. The molecule has 0 unspecified atom stereocenters. The van der Waals surface area contributed by atoms with Crippen molar-refractivity contribution in [3.63, 3.8) is 0 Å². The number of anilines is 1. The zero-order valence-corrected chi connectivity index (χ0v) is 10.3. The summed E-state index contributed by atoms with van der Waals surface area (Å²) in [5.74, 6) is -0.498. The molecule has 1 N–H and O–H groups in total. The van der Waals surface area contributed by atoms with E-state index in [0.29, 0.717) is 0 Å². The Labute approximate surface area is 104 Å². The Bertz CT molecular complexity index is 390. The smallest absolute Gasteiger partial charge is 0.363 e. The Kier molecular flexibility index (Phi) is 4.95. The van der Waals surface area contributed by atoms with Gasteiger partial charge in [0.25, 0.3) is 0 Å². The summed E-state index contributed by atoms with van der Waals surface area (Å²) >= 11 is 0. The molecule has 1 aromatic rings. The van der Waals surface area contributed by atoms with Crippen molar-refractivity contribution in [2.45, 2.75) is 19.6 Å². The highest BCUT2D eigenvalue weighted by molar-refractivity contribution is 5.54. The quantitative estimate of drug-likeness (QED) is 0.823. The number of rotatable bonds is 5. The molecule has 0 atom stereocenters. The van der Waals surface area contributed by atoms with Crippen LogP contribution in [0.2, 0.25) is 0 Å². The average molecular weight is 264 g/mol. The largest absolute Gasteiger partial charge is 0.405 e. The molecule has 0 aliphatic carbocycles. The predicted molar refractivity (Wildman–Crippen MR) is 63.1 cm³/mol. The molecule has 1 aromatic carbocycles. The lowest BCUT2D eigenvalue weighted by Crippen LogP contribution is -2.35. The summed E-state index contributed by atoms with van der Waals surface area (Å²) in [6, 6.07) is 4.17. The lowest BCUT2D eigenvalue weighted by atomic mass is 10.1. The van der Waals surface area contributed by atoms with E-state index in [1.807, 2.05) is 0 Å². The number of nitrogens with one attached hydrogen (secondary N) is 1. The fraction of sp³-hybridized carbons (Fsp3) is 0.500. The topological polar surface area (TPSA) is 15.3 Å². The molecule has 0 aromatic heterocycles. The minimum atomic E-state index is -4.31. The third-order valence-corrected chi connectivity index (χ3v) is 2.54. The van der Waals surface area contributed by atoms with Crippen molar-refractivity contribution in [1.82, 2.24) is 5.32 Å². The molecular weight excluding hydrogens is 248 g/mol. The van der Waals surface area contributed by atoms with Gasteiger partial charge in [0.05, 0.1) is 0 Å². The summed E-state index contributed by atoms with van der Waals surface area (Å²) in [6.07, 6.45) is -4.31. The zero-order valence-electron chi connectivity index (χ0n) is 10.3. The van der Waals surface area contributed by atoms with E-state index < -0.39 is 18.5 Å². The molecule has 6 heteroatoms. The number of hydrogen-bond acceptors (Lipinski definition) is 2. The maximum absolute atomic E-state index is 13.6. The van der Waals surface area contributed by atoms with Crippen LogP contribution in [-0.2, 0) is 6.54 Å². The summed E-state index contributed by atoms with van der Waals surface area (Å²) in [5.41, 5.74) is 0.537. The second-order valence-corrected chi connectivity index (χ2v) is 3.90. The second kappa shape index (κ2) is 6.04. The molecular formula is C12H16F4N2. The summed E-state index contributed by atoms with van der Waals surface area (Å²) in [6.45, 7) is 0.888. The van der Waals surface area contributed by atoms with E-state index in [4.69, 9.17) is 0 Å². The van der Waals surface area contributed by atoms with Crippen molar-refractivity contribution >= 4 is 5.69 Å². The number of hydrogen-bond donors (Lipinski definition) is 1. The lowest BCUT2D eigenvalue weighted by Gasteiger charge is -2.27. The van der Waals surface area contributed by atoms with Crippen molar-refractivity contribution in [2.24, 2.45) is 0 Å². The summed E-state index contributed by atoms with van der Waals surface area (Å²) in [4.78, 5) is 1.12. The monoisotopic (exact) mass is 264 g/mol. The van der Waals surface area contributed by atoms with Gasteiger partial charge in [0.2, 0.25) is 0 Å². The van der Waals surface area contributed by atoms with Gasteiger partial charge in [-0.25, -0.2) is 4.39 Å². The lowest BCUT2D eigenvalue weighted by molar-refractivity contribution is -0.119. The van der Waals surface area contributed by atoms with Crippen LogP contribution in [0, 0.1) is 5.82 Å². The van der Waals surface area contributed by atoms with Gasteiger partial charge in [0.15, 0.2) is 0 Å². The first-order valence-corrected chi connectivity index (χ1v) is 5.62. The van der Waals surface area contributed by atoms with Crippen LogP contribution in [0.1, 0.15) is 12.5 Å². The maximum atomic E-state index is 13.6. The van der Waals surface area contributed by atoms with Crippen LogP contribution in [-0.4, -0.2) is 26.3 Å². The van der Waals surface area contributed by atoms with Crippen LogP contribution in [0.4, 0.5) is 23.2 Å². The molecule has 0 saturated carbocycles. The fourth-order valence-corrected chi connectivity index (χ4v) is 1.78. The average Bonchev–Trinajstić information content (AvgIpc) is 2.28. The van der Waals surface area contributed by atoms with Crippen LogP contribution >= 0.6 is 0 Å². The molecule has 0 fully saturated rings. The number of alkyl halides is 3. The van der Waals surface area contributed by atoms with Crippen molar-refractivity contribution in [3.05, 3.63) is 29.6 Å². The van der Waals surface area contributed by atoms with Gasteiger partial charge in [0.1, 0.15) is 12.4 Å². The van der Waals surface area contributed by atoms with Crippen molar-refractivity contribution in [1.29, 1.82) is 0 Å². The maximum Gasteiger partial charge on any atom is 0.405 e. The Morgan fingerprint density at radius 2 is 1.94 bits per heavy atom. The standard InChI is InChI=1S/C12H16F4N2/c1-3-18(8-12(14,15)16)11-6-4-5-10(13)9(11)7-17-2/h4-6,17H,3,7-8H2,1-2H3. The summed E-state index contributed by atoms with van der Waals surface area (Å²) in [7, 11) is 1.62. The third-order valence-electron chi connectivity index (χ3n) is 2.54. The van der Waals surface area contributed by atoms with E-state index in [9.17, 15) is 17.6 Å².